The predicted molar refractivity (Wildman–Crippen MR) is 137 cm³/mol. The summed E-state index contributed by atoms with van der Waals surface area (Å²) in [6.45, 7) is 3.91. The van der Waals surface area contributed by atoms with Crippen LogP contribution in [0.5, 0.6) is 11.5 Å². The summed E-state index contributed by atoms with van der Waals surface area (Å²) in [7, 11) is -2.27. The van der Waals surface area contributed by atoms with E-state index in [2.05, 4.69) is 20.9 Å². The van der Waals surface area contributed by atoms with Gasteiger partial charge in [-0.25, -0.2) is 4.79 Å². The second kappa shape index (κ2) is 11.6. The van der Waals surface area contributed by atoms with Crippen LogP contribution in [0.2, 0.25) is 24.2 Å². The molecule has 3 amide bonds. The lowest BCUT2D eigenvalue weighted by Crippen LogP contribution is -2.33. The average molecular weight is 553 g/mol. The Bertz CT molecular complexity index is 1270. The van der Waals surface area contributed by atoms with Crippen molar-refractivity contribution in [2.75, 3.05) is 17.2 Å². The second-order valence-corrected chi connectivity index (χ2v) is 13.1. The van der Waals surface area contributed by atoms with E-state index >= 15 is 0 Å². The average Bonchev–Trinajstić information content (AvgIpc) is 2.80. The lowest BCUT2D eigenvalue weighted by atomic mass is 10.2. The molecule has 3 rings (SSSR count). The van der Waals surface area contributed by atoms with Gasteiger partial charge in [-0.2, -0.15) is 13.2 Å². The number of hydrogen-bond acceptors (Lipinski definition) is 5. The minimum absolute atomic E-state index is 0.0751. The summed E-state index contributed by atoms with van der Waals surface area (Å²) in [5.41, 5.74) is -0.615. The number of alkyl halides is 3. The van der Waals surface area contributed by atoms with E-state index in [-0.39, 0.29) is 11.4 Å². The first-order valence-electron chi connectivity index (χ1n) is 11.0. The number of hydrogen-bond donors (Lipinski definition) is 4. The molecule has 3 aromatic rings. The number of aromatic nitrogens is 1. The van der Waals surface area contributed by atoms with Crippen LogP contribution in [-0.2, 0) is 6.18 Å². The van der Waals surface area contributed by atoms with Crippen LogP contribution in [0.15, 0.2) is 60.8 Å². The number of anilines is 2. The van der Waals surface area contributed by atoms with Crippen LogP contribution >= 0.6 is 11.6 Å². The van der Waals surface area contributed by atoms with Gasteiger partial charge < -0.3 is 25.5 Å². The molecule has 8 nitrogen and oxygen atoms in total. The highest BCUT2D eigenvalue weighted by molar-refractivity contribution is 6.69. The third-order valence-corrected chi connectivity index (χ3v) is 6.67. The van der Waals surface area contributed by atoms with Gasteiger partial charge in [0, 0.05) is 30.2 Å². The number of rotatable bonds is 8. The SMILES string of the molecule is C[Si](C)(O)CCNC(=O)c1cc(Oc2ccc(NC(=O)Nc3ccc(Cl)c(C(F)(F)F)c3)cc2)ccn1. The van der Waals surface area contributed by atoms with E-state index in [9.17, 15) is 27.6 Å². The first-order valence-corrected chi connectivity index (χ1v) is 14.5. The number of halogens is 4. The van der Waals surface area contributed by atoms with Crippen LogP contribution < -0.4 is 20.7 Å². The zero-order valence-electron chi connectivity index (χ0n) is 19.8. The molecule has 0 bridgehead atoms. The van der Waals surface area contributed by atoms with Gasteiger partial charge >= 0.3 is 12.2 Å². The Balaban J connectivity index is 1.57. The molecule has 37 heavy (non-hydrogen) atoms. The highest BCUT2D eigenvalue weighted by atomic mass is 35.5. The van der Waals surface area contributed by atoms with Crippen molar-refractivity contribution in [3.8, 4) is 11.5 Å². The first-order chi connectivity index (χ1) is 17.3. The Morgan fingerprint density at radius 1 is 1.00 bits per heavy atom. The van der Waals surface area contributed by atoms with Crippen molar-refractivity contribution in [3.63, 3.8) is 0 Å². The van der Waals surface area contributed by atoms with Gasteiger partial charge in [0.05, 0.1) is 10.6 Å². The van der Waals surface area contributed by atoms with Crippen LogP contribution in [0.4, 0.5) is 29.3 Å². The number of nitrogens with zero attached hydrogens (tertiary/aromatic N) is 1. The molecule has 0 unspecified atom stereocenters. The molecule has 0 fully saturated rings. The maximum atomic E-state index is 13.0. The van der Waals surface area contributed by atoms with Gasteiger partial charge in [0.15, 0.2) is 8.32 Å². The highest BCUT2D eigenvalue weighted by Crippen LogP contribution is 2.36. The van der Waals surface area contributed by atoms with E-state index in [0.29, 0.717) is 29.8 Å². The standard InChI is InChI=1S/C24H24ClF3N4O4Si/c1-37(2,35)12-11-30-22(33)21-14-18(9-10-29-21)36-17-6-3-15(4-7-17)31-23(34)32-16-5-8-20(25)19(13-16)24(26,27)28/h3-10,13-14,35H,11-12H2,1-2H3,(H,30,33)(H2,31,32,34). The fourth-order valence-corrected chi connectivity index (χ4v) is 3.99. The van der Waals surface area contributed by atoms with Crippen molar-refractivity contribution in [1.82, 2.24) is 10.3 Å². The zero-order chi connectivity index (χ0) is 27.2. The molecule has 0 aliphatic carbocycles. The van der Waals surface area contributed by atoms with Crippen LogP contribution in [0.1, 0.15) is 16.1 Å². The van der Waals surface area contributed by atoms with Crippen molar-refractivity contribution in [1.29, 1.82) is 0 Å². The smallest absolute Gasteiger partial charge is 0.417 e. The summed E-state index contributed by atoms with van der Waals surface area (Å²) in [6.07, 6.45) is -3.23. The van der Waals surface area contributed by atoms with Gasteiger partial charge in [0.1, 0.15) is 17.2 Å². The van der Waals surface area contributed by atoms with E-state index in [1.807, 2.05) is 0 Å². The summed E-state index contributed by atoms with van der Waals surface area (Å²) in [5.74, 6) is 0.375. The molecule has 1 aromatic heterocycles. The second-order valence-electron chi connectivity index (χ2n) is 8.59. The molecule has 1 heterocycles. The van der Waals surface area contributed by atoms with E-state index in [0.717, 1.165) is 12.1 Å². The van der Waals surface area contributed by atoms with Crippen LogP contribution in [0.3, 0.4) is 0 Å². The summed E-state index contributed by atoms with van der Waals surface area (Å²) >= 11 is 5.59. The molecular formula is C24H24ClF3N4O4Si. The summed E-state index contributed by atoms with van der Waals surface area (Å²) < 4.78 is 44.7. The highest BCUT2D eigenvalue weighted by Gasteiger charge is 2.33. The third-order valence-electron chi connectivity index (χ3n) is 4.86. The van der Waals surface area contributed by atoms with Gasteiger partial charge in [0.2, 0.25) is 0 Å². The predicted octanol–water partition coefficient (Wildman–Crippen LogP) is 6.12. The number of nitrogens with one attached hydrogen (secondary N) is 3. The van der Waals surface area contributed by atoms with Gasteiger partial charge in [-0.15, -0.1) is 0 Å². The van der Waals surface area contributed by atoms with E-state index in [1.54, 1.807) is 31.3 Å². The van der Waals surface area contributed by atoms with Crippen LogP contribution in [-0.4, -0.2) is 36.6 Å². The van der Waals surface area contributed by atoms with Crippen LogP contribution in [0, 0.1) is 0 Å². The van der Waals surface area contributed by atoms with Crippen molar-refractivity contribution < 1.29 is 32.3 Å². The lowest BCUT2D eigenvalue weighted by Gasteiger charge is -2.14. The monoisotopic (exact) mass is 552 g/mol. The molecule has 0 spiro atoms. The molecule has 0 aliphatic rings. The van der Waals surface area contributed by atoms with Gasteiger partial charge in [-0.1, -0.05) is 11.6 Å². The van der Waals surface area contributed by atoms with Gasteiger partial charge in [0.25, 0.3) is 5.91 Å². The third kappa shape index (κ3) is 8.77. The molecule has 0 saturated heterocycles. The normalized spacial score (nSPS) is 11.5. The largest absolute Gasteiger partial charge is 0.457 e. The fourth-order valence-electron chi connectivity index (χ4n) is 3.03. The topological polar surface area (TPSA) is 113 Å². The van der Waals surface area contributed by atoms with Crippen molar-refractivity contribution in [2.24, 2.45) is 0 Å². The molecule has 0 aliphatic heterocycles. The summed E-state index contributed by atoms with van der Waals surface area (Å²) in [6, 6.07) is 12.1. The molecular weight excluding hydrogens is 529 g/mol. The van der Waals surface area contributed by atoms with Gasteiger partial charge in [-0.05, 0) is 67.7 Å². The van der Waals surface area contributed by atoms with E-state index in [1.165, 1.54) is 30.5 Å². The molecule has 13 heteroatoms. The minimum atomic E-state index is -4.65. The number of ether oxygens (including phenoxy) is 1. The Morgan fingerprint density at radius 2 is 1.65 bits per heavy atom. The molecule has 4 N–H and O–H groups in total. The van der Waals surface area contributed by atoms with Crippen molar-refractivity contribution in [3.05, 3.63) is 77.1 Å². The fraction of sp³-hybridized carbons (Fsp3) is 0.208. The molecule has 196 valence electrons. The maximum absolute atomic E-state index is 13.0. The maximum Gasteiger partial charge on any atom is 0.417 e. The number of benzene rings is 2. The molecule has 2 aromatic carbocycles. The Hall–Kier alpha value is -3.61. The number of carbonyl (C=O) groups excluding carboxylic acids is 2. The number of amides is 3. The molecule has 0 saturated carbocycles. The quantitative estimate of drug-likeness (QED) is 0.252. The van der Waals surface area contributed by atoms with Crippen molar-refractivity contribution >= 4 is 43.2 Å². The molecule has 0 radical (unpaired) electrons. The van der Waals surface area contributed by atoms with E-state index < -0.39 is 37.0 Å². The Kier molecular flexibility index (Phi) is 8.79. The Morgan fingerprint density at radius 3 is 2.30 bits per heavy atom. The van der Waals surface area contributed by atoms with Crippen LogP contribution in [0.25, 0.3) is 0 Å². The molecule has 0 atom stereocenters. The number of urea groups is 1. The summed E-state index contributed by atoms with van der Waals surface area (Å²) in [5, 5.41) is 7.08. The lowest BCUT2D eigenvalue weighted by molar-refractivity contribution is -0.137. The minimum Gasteiger partial charge on any atom is -0.457 e. The van der Waals surface area contributed by atoms with Crippen molar-refractivity contribution in [2.45, 2.75) is 25.3 Å². The van der Waals surface area contributed by atoms with Gasteiger partial charge in [-0.3, -0.25) is 9.78 Å². The number of carbonyl (C=O) groups is 2. The summed E-state index contributed by atoms with van der Waals surface area (Å²) in [4.78, 5) is 38.4. The first kappa shape index (κ1) is 28.0. The van der Waals surface area contributed by atoms with E-state index in [4.69, 9.17) is 16.3 Å². The Labute approximate surface area is 217 Å². The number of pyridine rings is 1. The zero-order valence-corrected chi connectivity index (χ0v) is 21.6.